The van der Waals surface area contributed by atoms with E-state index in [1.807, 2.05) is 0 Å². The molecule has 7 heteroatoms. The Morgan fingerprint density at radius 1 is 1.22 bits per heavy atom. The van der Waals surface area contributed by atoms with Gasteiger partial charge < -0.3 is 0 Å². The smallest absolute Gasteiger partial charge is 0.261 e. The van der Waals surface area contributed by atoms with Gasteiger partial charge in [0.05, 0.1) is 16.8 Å². The van der Waals surface area contributed by atoms with Gasteiger partial charge in [0, 0.05) is 5.02 Å². The summed E-state index contributed by atoms with van der Waals surface area (Å²) in [6.45, 7) is 0. The molecule has 94 valence electrons. The normalized spacial score (nSPS) is 11.2. The van der Waals surface area contributed by atoms with E-state index in [9.17, 15) is 12.8 Å². The van der Waals surface area contributed by atoms with Crippen molar-refractivity contribution in [1.29, 1.82) is 0 Å². The summed E-state index contributed by atoms with van der Waals surface area (Å²) in [5, 5.41) is 0.315. The van der Waals surface area contributed by atoms with Gasteiger partial charge in [-0.15, -0.1) is 0 Å². The van der Waals surface area contributed by atoms with E-state index in [0.29, 0.717) is 5.02 Å². The van der Waals surface area contributed by atoms with Crippen LogP contribution in [0.5, 0.6) is 0 Å². The van der Waals surface area contributed by atoms with Gasteiger partial charge in [0.15, 0.2) is 0 Å². The summed E-state index contributed by atoms with van der Waals surface area (Å²) in [5.41, 5.74) is 0.177. The van der Waals surface area contributed by atoms with Crippen LogP contribution in [0.2, 0.25) is 5.02 Å². The minimum Gasteiger partial charge on any atom is -0.278 e. The molecule has 2 rings (SSSR count). The Morgan fingerprint density at radius 3 is 2.61 bits per heavy atom. The summed E-state index contributed by atoms with van der Waals surface area (Å²) < 4.78 is 38.8. The highest BCUT2D eigenvalue weighted by atomic mass is 35.5. The standard InChI is InChI=1S/C11H8ClFN2O2S/c12-8-2-1-3-10(6-8)18(16,17)15-9-4-5-11(13)14-7-9/h1-7,15H. The lowest BCUT2D eigenvalue weighted by molar-refractivity contribution is 0.583. The quantitative estimate of drug-likeness (QED) is 0.883. The minimum absolute atomic E-state index is 0.0272. The molecular weight excluding hydrogens is 279 g/mol. The molecule has 0 saturated carbocycles. The predicted octanol–water partition coefficient (Wildman–Crippen LogP) is 2.67. The molecule has 0 bridgehead atoms. The van der Waals surface area contributed by atoms with Crippen LogP contribution in [0.1, 0.15) is 0 Å². The molecule has 18 heavy (non-hydrogen) atoms. The van der Waals surface area contributed by atoms with Crippen molar-refractivity contribution in [3.63, 3.8) is 0 Å². The Balaban J connectivity index is 2.30. The van der Waals surface area contributed by atoms with Crippen molar-refractivity contribution in [3.05, 3.63) is 53.6 Å². The molecule has 0 aliphatic rings. The molecular formula is C11H8ClFN2O2S. The zero-order valence-electron chi connectivity index (χ0n) is 8.97. The van der Waals surface area contributed by atoms with E-state index in [-0.39, 0.29) is 10.6 Å². The molecule has 0 unspecified atom stereocenters. The summed E-state index contributed by atoms with van der Waals surface area (Å²) in [7, 11) is -3.75. The molecule has 1 aromatic carbocycles. The van der Waals surface area contributed by atoms with Gasteiger partial charge in [0.25, 0.3) is 10.0 Å². The molecule has 4 nitrogen and oxygen atoms in total. The van der Waals surface area contributed by atoms with Gasteiger partial charge in [-0.05, 0) is 30.3 Å². The lowest BCUT2D eigenvalue weighted by Crippen LogP contribution is -2.13. The van der Waals surface area contributed by atoms with Crippen LogP contribution >= 0.6 is 11.6 Å². The fraction of sp³-hybridized carbons (Fsp3) is 0. The van der Waals surface area contributed by atoms with Crippen molar-refractivity contribution < 1.29 is 12.8 Å². The molecule has 0 atom stereocenters. The van der Waals surface area contributed by atoms with Crippen molar-refractivity contribution in [2.75, 3.05) is 4.72 Å². The number of hydrogen-bond donors (Lipinski definition) is 1. The fourth-order valence-electron chi connectivity index (χ4n) is 1.28. The number of nitrogens with zero attached hydrogens (tertiary/aromatic N) is 1. The van der Waals surface area contributed by atoms with Gasteiger partial charge in [-0.3, -0.25) is 4.72 Å². The molecule has 0 spiro atoms. The zero-order valence-corrected chi connectivity index (χ0v) is 10.5. The third kappa shape index (κ3) is 2.96. The Bertz CT molecular complexity index is 659. The summed E-state index contributed by atoms with van der Waals surface area (Å²) >= 11 is 5.72. The molecule has 0 radical (unpaired) electrons. The van der Waals surface area contributed by atoms with Gasteiger partial charge in [0.2, 0.25) is 5.95 Å². The van der Waals surface area contributed by atoms with Gasteiger partial charge in [-0.1, -0.05) is 17.7 Å². The first kappa shape index (κ1) is 12.8. The first-order valence-corrected chi connectivity index (χ1v) is 6.73. The molecule has 0 amide bonds. The third-order valence-corrected chi connectivity index (χ3v) is 3.70. The second-order valence-corrected chi connectivity index (χ2v) is 5.55. The maximum atomic E-state index is 12.6. The van der Waals surface area contributed by atoms with Crippen molar-refractivity contribution in [3.8, 4) is 0 Å². The number of rotatable bonds is 3. The number of hydrogen-bond acceptors (Lipinski definition) is 3. The van der Waals surface area contributed by atoms with Crippen molar-refractivity contribution in [1.82, 2.24) is 4.98 Å². The Labute approximate surface area is 108 Å². The molecule has 1 heterocycles. The van der Waals surface area contributed by atoms with Crippen molar-refractivity contribution in [2.24, 2.45) is 0 Å². The van der Waals surface area contributed by atoms with E-state index in [4.69, 9.17) is 11.6 Å². The SMILES string of the molecule is O=S(=O)(Nc1ccc(F)nc1)c1cccc(Cl)c1. The average molecular weight is 287 g/mol. The highest BCUT2D eigenvalue weighted by molar-refractivity contribution is 7.92. The van der Waals surface area contributed by atoms with E-state index < -0.39 is 16.0 Å². The lowest BCUT2D eigenvalue weighted by Gasteiger charge is -2.07. The molecule has 1 aromatic heterocycles. The van der Waals surface area contributed by atoms with Crippen LogP contribution in [0.3, 0.4) is 0 Å². The maximum absolute atomic E-state index is 12.6. The second kappa shape index (κ2) is 4.91. The van der Waals surface area contributed by atoms with E-state index >= 15 is 0 Å². The molecule has 0 fully saturated rings. The number of aromatic nitrogens is 1. The fourth-order valence-corrected chi connectivity index (χ4v) is 2.63. The van der Waals surface area contributed by atoms with Crippen LogP contribution in [0.4, 0.5) is 10.1 Å². The maximum Gasteiger partial charge on any atom is 0.261 e. The predicted molar refractivity (Wildman–Crippen MR) is 66.5 cm³/mol. The van der Waals surface area contributed by atoms with Crippen molar-refractivity contribution in [2.45, 2.75) is 4.90 Å². The largest absolute Gasteiger partial charge is 0.278 e. The highest BCUT2D eigenvalue weighted by Gasteiger charge is 2.14. The van der Waals surface area contributed by atoms with Crippen LogP contribution in [0, 0.1) is 5.95 Å². The van der Waals surface area contributed by atoms with Crippen LogP contribution in [-0.4, -0.2) is 13.4 Å². The number of anilines is 1. The Hall–Kier alpha value is -1.66. The molecule has 0 aliphatic heterocycles. The summed E-state index contributed by atoms with van der Waals surface area (Å²) in [5.74, 6) is -0.680. The van der Waals surface area contributed by atoms with Gasteiger partial charge in [-0.2, -0.15) is 4.39 Å². The minimum atomic E-state index is -3.75. The van der Waals surface area contributed by atoms with Gasteiger partial charge >= 0.3 is 0 Å². The van der Waals surface area contributed by atoms with Crippen LogP contribution in [-0.2, 0) is 10.0 Å². The van der Waals surface area contributed by atoms with E-state index in [1.165, 1.54) is 24.3 Å². The Morgan fingerprint density at radius 2 is 2.00 bits per heavy atom. The van der Waals surface area contributed by atoms with Crippen LogP contribution in [0.15, 0.2) is 47.5 Å². The van der Waals surface area contributed by atoms with Gasteiger partial charge in [0.1, 0.15) is 0 Å². The molecule has 0 saturated heterocycles. The number of nitrogens with one attached hydrogen (secondary N) is 1. The molecule has 0 aliphatic carbocycles. The second-order valence-electron chi connectivity index (χ2n) is 3.43. The number of sulfonamides is 1. The monoisotopic (exact) mass is 286 g/mol. The highest BCUT2D eigenvalue weighted by Crippen LogP contribution is 2.18. The molecule has 2 aromatic rings. The topological polar surface area (TPSA) is 59.1 Å². The van der Waals surface area contributed by atoms with Gasteiger partial charge in [-0.25, -0.2) is 13.4 Å². The van der Waals surface area contributed by atoms with Crippen LogP contribution < -0.4 is 4.72 Å². The van der Waals surface area contributed by atoms with E-state index in [0.717, 1.165) is 12.3 Å². The number of benzene rings is 1. The van der Waals surface area contributed by atoms with E-state index in [1.54, 1.807) is 6.07 Å². The number of pyridine rings is 1. The summed E-state index contributed by atoms with van der Waals surface area (Å²) in [4.78, 5) is 3.38. The Kier molecular flexibility index (Phi) is 3.49. The zero-order chi connectivity index (χ0) is 13.2. The average Bonchev–Trinajstić information content (AvgIpc) is 2.32. The van der Waals surface area contributed by atoms with Crippen molar-refractivity contribution >= 4 is 27.3 Å². The summed E-state index contributed by atoms with van der Waals surface area (Å²) in [6.07, 6.45) is 1.09. The third-order valence-electron chi connectivity index (χ3n) is 2.09. The van der Waals surface area contributed by atoms with E-state index in [2.05, 4.69) is 9.71 Å². The first-order valence-electron chi connectivity index (χ1n) is 4.87. The summed E-state index contributed by atoms with van der Waals surface area (Å²) in [6, 6.07) is 8.17. The molecule has 1 N–H and O–H groups in total. The first-order chi connectivity index (χ1) is 8.47. The number of halogens is 2. The lowest BCUT2D eigenvalue weighted by atomic mass is 10.4. The van der Waals surface area contributed by atoms with Crippen LogP contribution in [0.25, 0.3) is 0 Å².